The number of nitrogens with zero attached hydrogens (tertiary/aromatic N) is 1. The molecule has 1 aliphatic rings. The van der Waals surface area contributed by atoms with Gasteiger partial charge in [-0.3, -0.25) is 0 Å². The fraction of sp³-hybridized carbons (Fsp3) is 0.417. The van der Waals surface area contributed by atoms with Gasteiger partial charge in [0.05, 0.1) is 20.8 Å². The van der Waals surface area contributed by atoms with Crippen LogP contribution < -0.4 is 5.73 Å². The lowest BCUT2D eigenvalue weighted by Crippen LogP contribution is -2.32. The van der Waals surface area contributed by atoms with E-state index in [-0.39, 0.29) is 5.54 Å². The number of hydrogen-bond acceptors (Lipinski definition) is 3. The van der Waals surface area contributed by atoms with Crippen LogP contribution in [0.4, 0.5) is 0 Å². The third kappa shape index (κ3) is 1.54. The lowest BCUT2D eigenvalue weighted by molar-refractivity contribution is 0.460. The molecule has 3 rings (SSSR count). The molecule has 0 aliphatic heterocycles. The number of nitrogens with two attached hydrogens (primary N) is 1. The number of aromatic nitrogens is 1. The number of thiazole rings is 1. The van der Waals surface area contributed by atoms with E-state index in [2.05, 4.69) is 4.98 Å². The van der Waals surface area contributed by atoms with E-state index in [0.29, 0.717) is 0 Å². The molecule has 1 heterocycles. The number of fused-ring (bicyclic) bond motifs is 1. The Morgan fingerprint density at radius 1 is 1.31 bits per heavy atom. The van der Waals surface area contributed by atoms with Gasteiger partial charge in [-0.2, -0.15) is 0 Å². The number of benzene rings is 1. The molecule has 2 N–H and O–H groups in total. The van der Waals surface area contributed by atoms with E-state index >= 15 is 0 Å². The minimum atomic E-state index is -0.201. The summed E-state index contributed by atoms with van der Waals surface area (Å²) in [5, 5.41) is 1.83. The van der Waals surface area contributed by atoms with Crippen molar-refractivity contribution in [2.75, 3.05) is 0 Å². The smallest absolute Gasteiger partial charge is 0.114 e. The Morgan fingerprint density at radius 3 is 2.75 bits per heavy atom. The van der Waals surface area contributed by atoms with Crippen molar-refractivity contribution in [3.63, 3.8) is 0 Å². The lowest BCUT2D eigenvalue weighted by atomic mass is 10.0. The first kappa shape index (κ1) is 10.5. The normalized spacial score (nSPS) is 19.4. The standard InChI is InChI=1S/C12H13ClN2S/c13-8-4-3-5-9-10(8)16-11(15-9)12(14)6-1-2-7-12/h3-5H,1-2,6-7,14H2. The summed E-state index contributed by atoms with van der Waals surface area (Å²) in [4.78, 5) is 4.64. The minimum Gasteiger partial charge on any atom is -0.319 e. The molecule has 1 aromatic carbocycles. The second-order valence-electron chi connectivity index (χ2n) is 4.47. The van der Waals surface area contributed by atoms with Gasteiger partial charge in [0.25, 0.3) is 0 Å². The van der Waals surface area contributed by atoms with Crippen molar-refractivity contribution in [3.8, 4) is 0 Å². The Morgan fingerprint density at radius 2 is 2.06 bits per heavy atom. The maximum atomic E-state index is 6.40. The highest BCUT2D eigenvalue weighted by molar-refractivity contribution is 7.19. The van der Waals surface area contributed by atoms with Gasteiger partial charge in [0.15, 0.2) is 0 Å². The van der Waals surface area contributed by atoms with E-state index in [9.17, 15) is 0 Å². The molecule has 0 spiro atoms. The van der Waals surface area contributed by atoms with Crippen LogP contribution in [0.3, 0.4) is 0 Å². The molecule has 16 heavy (non-hydrogen) atoms. The van der Waals surface area contributed by atoms with Crippen LogP contribution in [-0.4, -0.2) is 4.98 Å². The van der Waals surface area contributed by atoms with Crippen molar-refractivity contribution >= 4 is 33.2 Å². The molecule has 0 amide bonds. The molecule has 4 heteroatoms. The highest BCUT2D eigenvalue weighted by Crippen LogP contribution is 2.41. The topological polar surface area (TPSA) is 38.9 Å². The summed E-state index contributed by atoms with van der Waals surface area (Å²) < 4.78 is 1.07. The van der Waals surface area contributed by atoms with Crippen LogP contribution in [0.2, 0.25) is 5.02 Å². The quantitative estimate of drug-likeness (QED) is 0.841. The van der Waals surface area contributed by atoms with Crippen LogP contribution in [0.5, 0.6) is 0 Å². The molecule has 1 aromatic heterocycles. The monoisotopic (exact) mass is 252 g/mol. The SMILES string of the molecule is NC1(c2nc3cccc(Cl)c3s2)CCCC1. The Bertz CT molecular complexity index is 529. The van der Waals surface area contributed by atoms with Crippen LogP contribution in [0.15, 0.2) is 18.2 Å². The van der Waals surface area contributed by atoms with Crippen LogP contribution in [0.1, 0.15) is 30.7 Å². The van der Waals surface area contributed by atoms with Crippen molar-refractivity contribution in [2.45, 2.75) is 31.2 Å². The fourth-order valence-electron chi connectivity index (χ4n) is 2.35. The summed E-state index contributed by atoms with van der Waals surface area (Å²) in [7, 11) is 0. The van der Waals surface area contributed by atoms with E-state index in [4.69, 9.17) is 17.3 Å². The van der Waals surface area contributed by atoms with Gasteiger partial charge in [-0.05, 0) is 25.0 Å². The number of halogens is 1. The van der Waals surface area contributed by atoms with Crippen LogP contribution in [0.25, 0.3) is 10.2 Å². The molecule has 0 radical (unpaired) electrons. The Labute approximate surface area is 103 Å². The van der Waals surface area contributed by atoms with E-state index in [1.165, 1.54) is 12.8 Å². The molecule has 84 valence electrons. The molecule has 2 aromatic rings. The molecule has 1 fully saturated rings. The van der Waals surface area contributed by atoms with Crippen molar-refractivity contribution in [1.82, 2.24) is 4.98 Å². The second-order valence-corrected chi connectivity index (χ2v) is 5.88. The van der Waals surface area contributed by atoms with E-state index < -0.39 is 0 Å². The Hall–Kier alpha value is -0.640. The second kappa shape index (κ2) is 3.69. The molecular formula is C12H13ClN2S. The zero-order chi connectivity index (χ0) is 11.2. The van der Waals surface area contributed by atoms with Crippen LogP contribution >= 0.6 is 22.9 Å². The molecule has 2 nitrogen and oxygen atoms in total. The largest absolute Gasteiger partial charge is 0.319 e. The highest BCUT2D eigenvalue weighted by atomic mass is 35.5. The van der Waals surface area contributed by atoms with Gasteiger partial charge >= 0.3 is 0 Å². The van der Waals surface area contributed by atoms with Gasteiger partial charge in [0.2, 0.25) is 0 Å². The summed E-state index contributed by atoms with van der Waals surface area (Å²) in [5.41, 5.74) is 7.17. The average molecular weight is 253 g/mol. The van der Waals surface area contributed by atoms with Crippen LogP contribution in [0, 0.1) is 0 Å². The third-order valence-electron chi connectivity index (χ3n) is 3.29. The first-order valence-electron chi connectivity index (χ1n) is 5.53. The first-order valence-corrected chi connectivity index (χ1v) is 6.73. The number of hydrogen-bond donors (Lipinski definition) is 1. The predicted molar refractivity (Wildman–Crippen MR) is 69.0 cm³/mol. The fourth-order valence-corrected chi connectivity index (χ4v) is 3.76. The maximum Gasteiger partial charge on any atom is 0.114 e. The van der Waals surface area contributed by atoms with Crippen molar-refractivity contribution in [2.24, 2.45) is 5.73 Å². The summed E-state index contributed by atoms with van der Waals surface area (Å²) >= 11 is 7.80. The first-order chi connectivity index (χ1) is 7.69. The van der Waals surface area contributed by atoms with Crippen LogP contribution in [-0.2, 0) is 5.54 Å². The average Bonchev–Trinajstić information content (AvgIpc) is 2.85. The van der Waals surface area contributed by atoms with Crippen molar-refractivity contribution in [3.05, 3.63) is 28.2 Å². The van der Waals surface area contributed by atoms with Gasteiger partial charge in [0.1, 0.15) is 5.01 Å². The number of rotatable bonds is 1. The Kier molecular flexibility index (Phi) is 2.42. The van der Waals surface area contributed by atoms with E-state index in [0.717, 1.165) is 33.1 Å². The zero-order valence-corrected chi connectivity index (χ0v) is 10.4. The Balaban J connectivity index is 2.15. The van der Waals surface area contributed by atoms with Crippen molar-refractivity contribution < 1.29 is 0 Å². The van der Waals surface area contributed by atoms with Gasteiger partial charge in [-0.1, -0.05) is 30.5 Å². The van der Waals surface area contributed by atoms with E-state index in [1.54, 1.807) is 11.3 Å². The van der Waals surface area contributed by atoms with Gasteiger partial charge in [-0.25, -0.2) is 4.98 Å². The molecule has 0 unspecified atom stereocenters. The molecular weight excluding hydrogens is 240 g/mol. The lowest BCUT2D eigenvalue weighted by Gasteiger charge is -2.19. The summed E-state index contributed by atoms with van der Waals surface area (Å²) in [5.74, 6) is 0. The molecule has 1 saturated carbocycles. The van der Waals surface area contributed by atoms with Gasteiger partial charge in [-0.15, -0.1) is 11.3 Å². The molecule has 0 bridgehead atoms. The molecule has 0 atom stereocenters. The summed E-state index contributed by atoms with van der Waals surface area (Å²) in [6.45, 7) is 0. The van der Waals surface area contributed by atoms with Crippen molar-refractivity contribution in [1.29, 1.82) is 0 Å². The van der Waals surface area contributed by atoms with Gasteiger partial charge < -0.3 is 5.73 Å². The summed E-state index contributed by atoms with van der Waals surface area (Å²) in [6, 6.07) is 5.84. The summed E-state index contributed by atoms with van der Waals surface area (Å²) in [6.07, 6.45) is 4.51. The molecule has 0 saturated heterocycles. The minimum absolute atomic E-state index is 0.201. The maximum absolute atomic E-state index is 6.40. The third-order valence-corrected chi connectivity index (χ3v) is 5.04. The molecule has 1 aliphatic carbocycles. The zero-order valence-electron chi connectivity index (χ0n) is 8.87. The van der Waals surface area contributed by atoms with Gasteiger partial charge in [0, 0.05) is 0 Å². The van der Waals surface area contributed by atoms with E-state index in [1.807, 2.05) is 18.2 Å². The predicted octanol–water partition coefficient (Wildman–Crippen LogP) is 3.68. The highest BCUT2D eigenvalue weighted by Gasteiger charge is 2.34.